The number of morpholine rings is 2. The van der Waals surface area contributed by atoms with Gasteiger partial charge in [0.2, 0.25) is 0 Å². The van der Waals surface area contributed by atoms with Gasteiger partial charge in [-0.05, 0) is 51.4 Å². The van der Waals surface area contributed by atoms with Gasteiger partial charge in [-0.2, -0.15) is 0 Å². The van der Waals surface area contributed by atoms with Crippen molar-refractivity contribution < 1.29 is 14.3 Å². The Morgan fingerprint density at radius 1 is 1.09 bits per heavy atom. The first-order valence-corrected chi connectivity index (χ1v) is 11.9. The fourth-order valence-electron chi connectivity index (χ4n) is 4.13. The van der Waals surface area contributed by atoms with Crippen LogP contribution in [0, 0.1) is 0 Å². The Balaban J connectivity index is 0.00000385. The van der Waals surface area contributed by atoms with Crippen molar-refractivity contribution in [2.75, 3.05) is 59.0 Å². The van der Waals surface area contributed by atoms with Gasteiger partial charge in [0.05, 0.1) is 32.0 Å². The number of rotatable bonds is 8. The third kappa shape index (κ3) is 9.38. The van der Waals surface area contributed by atoms with Gasteiger partial charge in [-0.3, -0.25) is 9.69 Å². The number of amides is 1. The van der Waals surface area contributed by atoms with Crippen molar-refractivity contribution >= 4 is 35.8 Å². The van der Waals surface area contributed by atoms with Crippen molar-refractivity contribution in [2.24, 2.45) is 4.99 Å². The highest BCUT2D eigenvalue weighted by Crippen LogP contribution is 2.15. The number of hydrogen-bond acceptors (Lipinski definition) is 5. The molecule has 2 aliphatic heterocycles. The molecule has 0 saturated carbocycles. The Kier molecular flexibility index (Phi) is 12.4. The quantitative estimate of drug-likeness (QED) is 0.215. The molecule has 2 fully saturated rings. The zero-order chi connectivity index (χ0) is 22.8. The van der Waals surface area contributed by atoms with Gasteiger partial charge in [0.25, 0.3) is 5.91 Å². The van der Waals surface area contributed by atoms with Crippen LogP contribution in [-0.4, -0.2) is 92.9 Å². The molecular weight excluding hydrogens is 533 g/mol. The standard InChI is InChI=1S/C24H39N5O3.HI/c1-4-25-24(26-10-5-11-28-12-14-31-15-13-28)27-16-21-6-8-22(9-7-21)23(30)29-17-19(2)32-20(3)18-29;/h6-9,19-20H,4-5,10-18H2,1-3H3,(H2,25,26,27);1H. The smallest absolute Gasteiger partial charge is 0.254 e. The number of guanidine groups is 1. The van der Waals surface area contributed by atoms with Crippen LogP contribution in [0.5, 0.6) is 0 Å². The number of halogens is 1. The van der Waals surface area contributed by atoms with Gasteiger partial charge >= 0.3 is 0 Å². The first-order valence-electron chi connectivity index (χ1n) is 11.9. The van der Waals surface area contributed by atoms with Crippen LogP contribution in [-0.2, 0) is 16.0 Å². The molecule has 9 heteroatoms. The lowest BCUT2D eigenvalue weighted by Gasteiger charge is -2.35. The molecule has 0 aromatic heterocycles. The maximum absolute atomic E-state index is 12.8. The van der Waals surface area contributed by atoms with Gasteiger partial charge in [0.1, 0.15) is 0 Å². The first-order chi connectivity index (χ1) is 15.5. The summed E-state index contributed by atoms with van der Waals surface area (Å²) in [4.78, 5) is 21.9. The average Bonchev–Trinajstić information content (AvgIpc) is 2.80. The summed E-state index contributed by atoms with van der Waals surface area (Å²) in [5, 5.41) is 6.72. The lowest BCUT2D eigenvalue weighted by molar-refractivity contribution is -0.0586. The molecule has 2 heterocycles. The summed E-state index contributed by atoms with van der Waals surface area (Å²) in [5.74, 6) is 0.892. The van der Waals surface area contributed by atoms with Gasteiger partial charge in [0, 0.05) is 44.8 Å². The molecule has 3 rings (SSSR count). The number of hydrogen-bond donors (Lipinski definition) is 2. The Bertz CT molecular complexity index is 730. The van der Waals surface area contributed by atoms with Gasteiger partial charge in [-0.25, -0.2) is 4.99 Å². The lowest BCUT2D eigenvalue weighted by Crippen LogP contribution is -2.48. The molecule has 186 valence electrons. The summed E-state index contributed by atoms with van der Waals surface area (Å²) in [7, 11) is 0. The Hall–Kier alpha value is -1.43. The van der Waals surface area contributed by atoms with Crippen molar-refractivity contribution in [2.45, 2.75) is 45.9 Å². The maximum atomic E-state index is 12.8. The molecule has 8 nitrogen and oxygen atoms in total. The maximum Gasteiger partial charge on any atom is 0.254 e. The predicted molar refractivity (Wildman–Crippen MR) is 142 cm³/mol. The molecule has 1 amide bonds. The molecule has 0 spiro atoms. The molecule has 2 aliphatic rings. The number of aliphatic imine (C=N–C) groups is 1. The Morgan fingerprint density at radius 2 is 1.76 bits per heavy atom. The van der Waals surface area contributed by atoms with Gasteiger partial charge < -0.3 is 25.0 Å². The van der Waals surface area contributed by atoms with Crippen molar-refractivity contribution in [3.8, 4) is 0 Å². The Labute approximate surface area is 215 Å². The zero-order valence-electron chi connectivity index (χ0n) is 20.2. The van der Waals surface area contributed by atoms with Crippen LogP contribution in [0.15, 0.2) is 29.3 Å². The van der Waals surface area contributed by atoms with Crippen LogP contribution in [0.3, 0.4) is 0 Å². The van der Waals surface area contributed by atoms with Gasteiger partial charge in [-0.1, -0.05) is 12.1 Å². The molecule has 0 aliphatic carbocycles. The molecular formula is C24H40IN5O3. The summed E-state index contributed by atoms with van der Waals surface area (Å²) < 4.78 is 11.1. The van der Waals surface area contributed by atoms with Crippen LogP contribution in [0.2, 0.25) is 0 Å². The van der Waals surface area contributed by atoms with Crippen molar-refractivity contribution in [3.63, 3.8) is 0 Å². The van der Waals surface area contributed by atoms with Crippen LogP contribution in [0.25, 0.3) is 0 Å². The molecule has 33 heavy (non-hydrogen) atoms. The van der Waals surface area contributed by atoms with Gasteiger partial charge in [0.15, 0.2) is 5.96 Å². The second-order valence-electron chi connectivity index (χ2n) is 8.59. The molecule has 1 aromatic carbocycles. The normalized spacial score (nSPS) is 21.9. The van der Waals surface area contributed by atoms with E-state index in [1.165, 1.54) is 0 Å². The number of benzene rings is 1. The van der Waals surface area contributed by atoms with E-state index in [-0.39, 0.29) is 42.1 Å². The zero-order valence-corrected chi connectivity index (χ0v) is 22.5. The van der Waals surface area contributed by atoms with Crippen LogP contribution in [0.1, 0.15) is 43.1 Å². The van der Waals surface area contributed by atoms with E-state index in [2.05, 4.69) is 22.5 Å². The summed E-state index contributed by atoms with van der Waals surface area (Å²) >= 11 is 0. The van der Waals surface area contributed by atoms with E-state index in [1.807, 2.05) is 43.0 Å². The molecule has 2 N–H and O–H groups in total. The van der Waals surface area contributed by atoms with Crippen molar-refractivity contribution in [1.29, 1.82) is 0 Å². The minimum absolute atomic E-state index is 0. The average molecular weight is 574 g/mol. The first kappa shape index (κ1) is 27.8. The SMILES string of the molecule is CCNC(=NCc1ccc(C(=O)N2CC(C)OC(C)C2)cc1)NCCCN1CCOCC1.I. The lowest BCUT2D eigenvalue weighted by atomic mass is 10.1. The third-order valence-corrected chi connectivity index (χ3v) is 5.72. The fourth-order valence-corrected chi connectivity index (χ4v) is 4.13. The van der Waals surface area contributed by atoms with Gasteiger partial charge in [-0.15, -0.1) is 24.0 Å². The summed E-state index contributed by atoms with van der Waals surface area (Å²) in [6.45, 7) is 14.4. The van der Waals surface area contributed by atoms with Crippen LogP contribution < -0.4 is 10.6 Å². The third-order valence-electron chi connectivity index (χ3n) is 5.72. The summed E-state index contributed by atoms with van der Waals surface area (Å²) in [6, 6.07) is 7.79. The Morgan fingerprint density at radius 3 is 2.39 bits per heavy atom. The highest BCUT2D eigenvalue weighted by molar-refractivity contribution is 14.0. The molecule has 2 saturated heterocycles. The number of ether oxygens (including phenoxy) is 2. The van der Waals surface area contributed by atoms with E-state index < -0.39 is 0 Å². The molecule has 2 unspecified atom stereocenters. The predicted octanol–water partition coefficient (Wildman–Crippen LogP) is 2.33. The van der Waals surface area contributed by atoms with E-state index in [0.29, 0.717) is 25.2 Å². The fraction of sp³-hybridized carbons (Fsp3) is 0.667. The molecule has 0 radical (unpaired) electrons. The second kappa shape index (κ2) is 14.7. The van der Waals surface area contributed by atoms with E-state index in [4.69, 9.17) is 14.5 Å². The van der Waals surface area contributed by atoms with E-state index in [0.717, 1.165) is 63.9 Å². The number of carbonyl (C=O) groups is 1. The molecule has 2 atom stereocenters. The van der Waals surface area contributed by atoms with E-state index in [1.54, 1.807) is 0 Å². The number of carbonyl (C=O) groups excluding carboxylic acids is 1. The summed E-state index contributed by atoms with van der Waals surface area (Å²) in [5.41, 5.74) is 1.79. The van der Waals surface area contributed by atoms with Crippen LogP contribution >= 0.6 is 24.0 Å². The highest BCUT2D eigenvalue weighted by Gasteiger charge is 2.26. The number of nitrogens with zero attached hydrogens (tertiary/aromatic N) is 3. The van der Waals surface area contributed by atoms with Crippen molar-refractivity contribution in [3.05, 3.63) is 35.4 Å². The van der Waals surface area contributed by atoms with Crippen molar-refractivity contribution in [1.82, 2.24) is 20.4 Å². The molecule has 1 aromatic rings. The highest BCUT2D eigenvalue weighted by atomic mass is 127. The number of nitrogens with one attached hydrogen (secondary N) is 2. The van der Waals surface area contributed by atoms with E-state index >= 15 is 0 Å². The topological polar surface area (TPSA) is 78.4 Å². The minimum atomic E-state index is 0. The van der Waals surface area contributed by atoms with E-state index in [9.17, 15) is 4.79 Å². The van der Waals surface area contributed by atoms with Crippen LogP contribution in [0.4, 0.5) is 0 Å². The summed E-state index contributed by atoms with van der Waals surface area (Å²) in [6.07, 6.45) is 1.21. The minimum Gasteiger partial charge on any atom is -0.379 e. The second-order valence-corrected chi connectivity index (χ2v) is 8.59. The largest absolute Gasteiger partial charge is 0.379 e. The molecule has 0 bridgehead atoms. The monoisotopic (exact) mass is 573 g/mol.